The average molecular weight is 561 g/mol. The van der Waals surface area contributed by atoms with Crippen LogP contribution in [0.5, 0.6) is 0 Å². The van der Waals surface area contributed by atoms with Crippen molar-refractivity contribution in [3.05, 3.63) is 52.5 Å². The van der Waals surface area contributed by atoms with Gasteiger partial charge in [0.1, 0.15) is 23.9 Å². The van der Waals surface area contributed by atoms with Crippen LogP contribution in [0.4, 0.5) is 28.8 Å². The van der Waals surface area contributed by atoms with E-state index in [-0.39, 0.29) is 35.1 Å². The number of halogens is 2. The first-order valence-electron chi connectivity index (χ1n) is 11.6. The molecule has 1 aliphatic rings. The number of nitrogens with zero attached hydrogens (tertiary/aromatic N) is 5. The van der Waals surface area contributed by atoms with Crippen LogP contribution in [-0.4, -0.2) is 69.8 Å². The highest BCUT2D eigenvalue weighted by Gasteiger charge is 2.29. The molecule has 14 heteroatoms. The van der Waals surface area contributed by atoms with Gasteiger partial charge in [-0.2, -0.15) is 0 Å². The number of anilines is 5. The summed E-state index contributed by atoms with van der Waals surface area (Å²) in [7, 11) is 0. The van der Waals surface area contributed by atoms with Gasteiger partial charge in [-0.25, -0.2) is 9.97 Å². The van der Waals surface area contributed by atoms with Gasteiger partial charge in [0.05, 0.1) is 16.4 Å². The van der Waals surface area contributed by atoms with Gasteiger partial charge in [0.15, 0.2) is 5.82 Å². The van der Waals surface area contributed by atoms with Crippen LogP contribution in [0.1, 0.15) is 6.92 Å². The van der Waals surface area contributed by atoms with Crippen molar-refractivity contribution in [1.29, 1.82) is 0 Å². The molecule has 1 aliphatic heterocycles. The van der Waals surface area contributed by atoms with Gasteiger partial charge in [-0.15, -0.1) is 5.23 Å². The molecule has 1 saturated heterocycles. The number of nitrogens with two attached hydrogens (primary N) is 1. The van der Waals surface area contributed by atoms with E-state index in [9.17, 15) is 9.59 Å². The number of nitrogen functional groups attached to an aromatic ring is 1. The van der Waals surface area contributed by atoms with Gasteiger partial charge in [0, 0.05) is 43.7 Å². The van der Waals surface area contributed by atoms with Crippen molar-refractivity contribution >= 4 is 63.8 Å². The zero-order valence-electron chi connectivity index (χ0n) is 20.4. The number of amides is 2. The van der Waals surface area contributed by atoms with Crippen LogP contribution in [0.25, 0.3) is 11.3 Å². The maximum Gasteiger partial charge on any atom is 0.246 e. The summed E-state index contributed by atoms with van der Waals surface area (Å²) >= 11 is 12.6. The summed E-state index contributed by atoms with van der Waals surface area (Å²) in [5.74, 6) is 0.588. The molecule has 0 aliphatic carbocycles. The molecule has 6 N–H and O–H groups in total. The lowest BCUT2D eigenvalue weighted by atomic mass is 10.1. The zero-order valence-corrected chi connectivity index (χ0v) is 21.9. The Bertz CT molecular complexity index is 1360. The third kappa shape index (κ3) is 6.17. The fourth-order valence-corrected chi connectivity index (χ4v) is 4.46. The number of nitrogens with one attached hydrogen (secondary N) is 2. The number of hydrogen-bond acceptors (Lipinski definition) is 10. The predicted octanol–water partition coefficient (Wildman–Crippen LogP) is 3.34. The Labute approximate surface area is 228 Å². The van der Waals surface area contributed by atoms with E-state index in [1.807, 2.05) is 0 Å². The third-order valence-electron chi connectivity index (χ3n) is 5.87. The van der Waals surface area contributed by atoms with Gasteiger partial charge in [-0.3, -0.25) is 20.0 Å². The monoisotopic (exact) mass is 560 g/mol. The Morgan fingerprint density at radius 3 is 2.34 bits per heavy atom. The molecule has 0 unspecified atom stereocenters. The minimum Gasteiger partial charge on any atom is -0.382 e. The van der Waals surface area contributed by atoms with Crippen molar-refractivity contribution in [3.8, 4) is 11.3 Å². The summed E-state index contributed by atoms with van der Waals surface area (Å²) in [5.41, 5.74) is 7.36. The fourth-order valence-electron chi connectivity index (χ4n) is 3.96. The highest BCUT2D eigenvalue weighted by Crippen LogP contribution is 2.37. The topological polar surface area (TPSA) is 160 Å². The number of benzene rings is 1. The van der Waals surface area contributed by atoms with Gasteiger partial charge >= 0.3 is 0 Å². The van der Waals surface area contributed by atoms with E-state index < -0.39 is 0 Å². The number of carbonyl (C=O) groups is 2. The molecule has 3 heterocycles. The van der Waals surface area contributed by atoms with Crippen LogP contribution in [0.15, 0.2) is 42.5 Å². The summed E-state index contributed by atoms with van der Waals surface area (Å²) in [6.45, 7) is 3.06. The maximum atomic E-state index is 12.9. The normalized spacial score (nSPS) is 13.4. The van der Waals surface area contributed by atoms with Crippen LogP contribution in [0.2, 0.25) is 10.0 Å². The smallest absolute Gasteiger partial charge is 0.246 e. The Kier molecular flexibility index (Phi) is 8.37. The van der Waals surface area contributed by atoms with Crippen molar-refractivity contribution in [1.82, 2.24) is 14.9 Å². The summed E-state index contributed by atoms with van der Waals surface area (Å²) in [4.78, 5) is 36.6. The molecule has 1 aromatic carbocycles. The average Bonchev–Trinajstić information content (AvgIpc) is 2.86. The van der Waals surface area contributed by atoms with Crippen molar-refractivity contribution in [2.75, 3.05) is 59.2 Å². The largest absolute Gasteiger partial charge is 0.382 e. The number of aromatic nitrogens is 2. The second kappa shape index (κ2) is 11.7. The quantitative estimate of drug-likeness (QED) is 0.204. The molecular weight excluding hydrogens is 535 g/mol. The summed E-state index contributed by atoms with van der Waals surface area (Å²) < 4.78 is 0. The molecule has 38 heavy (non-hydrogen) atoms. The number of carbonyl (C=O) groups excluding carboxylic acids is 2. The van der Waals surface area contributed by atoms with E-state index in [0.29, 0.717) is 64.8 Å². The van der Waals surface area contributed by atoms with E-state index in [2.05, 4.69) is 15.6 Å². The Balaban J connectivity index is 1.52. The molecule has 200 valence electrons. The molecule has 0 atom stereocenters. The van der Waals surface area contributed by atoms with Crippen molar-refractivity contribution in [3.63, 3.8) is 0 Å². The standard InChI is InChI=1S/C24H26Cl2N8O4/c1-14(35)32-10-11-33(22(36)13-32)18-4-6-20(30-23(18)16-3-2-15(25)12-17(16)26)28-8-9-29-21-7-5-19(34(37)38)24(27)31-21/h2-7,12,37-38H,8-11,13H2,1H3,(H,28,30)(H3,27,29,31). The highest BCUT2D eigenvalue weighted by atomic mass is 35.5. The lowest BCUT2D eigenvalue weighted by Crippen LogP contribution is -2.52. The maximum absolute atomic E-state index is 12.9. The van der Waals surface area contributed by atoms with E-state index in [1.54, 1.807) is 41.3 Å². The molecule has 2 amide bonds. The number of pyridine rings is 2. The van der Waals surface area contributed by atoms with Crippen LogP contribution in [0, 0.1) is 0 Å². The molecule has 3 aromatic rings. The Morgan fingerprint density at radius 2 is 1.74 bits per heavy atom. The zero-order chi connectivity index (χ0) is 27.4. The van der Waals surface area contributed by atoms with Gasteiger partial charge in [0.25, 0.3) is 0 Å². The lowest BCUT2D eigenvalue weighted by Gasteiger charge is -2.34. The van der Waals surface area contributed by atoms with Crippen LogP contribution in [0.3, 0.4) is 0 Å². The first kappa shape index (κ1) is 27.2. The van der Waals surface area contributed by atoms with Crippen LogP contribution in [-0.2, 0) is 9.59 Å². The second-order valence-electron chi connectivity index (χ2n) is 8.42. The lowest BCUT2D eigenvalue weighted by molar-refractivity contribution is -0.135. The van der Waals surface area contributed by atoms with Gasteiger partial charge in [0.2, 0.25) is 11.8 Å². The van der Waals surface area contributed by atoms with Gasteiger partial charge < -0.3 is 26.2 Å². The van der Waals surface area contributed by atoms with E-state index >= 15 is 0 Å². The van der Waals surface area contributed by atoms with Gasteiger partial charge in [-0.1, -0.05) is 23.2 Å². The molecule has 2 aromatic heterocycles. The molecule has 0 radical (unpaired) electrons. The highest BCUT2D eigenvalue weighted by molar-refractivity contribution is 6.36. The summed E-state index contributed by atoms with van der Waals surface area (Å²) in [6, 6.07) is 11.6. The number of rotatable bonds is 8. The molecular formula is C24H26Cl2N8O4. The van der Waals surface area contributed by atoms with Crippen molar-refractivity contribution in [2.45, 2.75) is 6.92 Å². The molecule has 0 bridgehead atoms. The Morgan fingerprint density at radius 1 is 1.05 bits per heavy atom. The molecule has 1 fully saturated rings. The third-order valence-corrected chi connectivity index (χ3v) is 6.42. The first-order chi connectivity index (χ1) is 18.1. The SMILES string of the molecule is CC(=O)N1CCN(c2ccc(NCCNc3ccc(N(O)O)c(N)n3)nc2-c2ccc(Cl)cc2Cl)C(=O)C1. The molecule has 0 saturated carbocycles. The van der Waals surface area contributed by atoms with Crippen molar-refractivity contribution in [2.24, 2.45) is 0 Å². The number of piperazine rings is 1. The summed E-state index contributed by atoms with van der Waals surface area (Å²) in [5, 5.41) is 25.3. The minimum absolute atomic E-state index is 0.0109. The van der Waals surface area contributed by atoms with E-state index in [4.69, 9.17) is 44.3 Å². The number of hydrogen-bond donors (Lipinski definition) is 5. The van der Waals surface area contributed by atoms with Gasteiger partial charge in [-0.05, 0) is 42.5 Å². The van der Waals surface area contributed by atoms with Crippen LogP contribution < -0.4 is 26.5 Å². The molecule has 12 nitrogen and oxygen atoms in total. The minimum atomic E-state index is -0.215. The Hall–Kier alpha value is -3.84. The van der Waals surface area contributed by atoms with E-state index in [0.717, 1.165) is 0 Å². The second-order valence-corrected chi connectivity index (χ2v) is 9.26. The predicted molar refractivity (Wildman–Crippen MR) is 146 cm³/mol. The van der Waals surface area contributed by atoms with E-state index in [1.165, 1.54) is 17.9 Å². The van der Waals surface area contributed by atoms with Crippen LogP contribution >= 0.6 is 23.2 Å². The fraction of sp³-hybridized carbons (Fsp3) is 0.250. The summed E-state index contributed by atoms with van der Waals surface area (Å²) in [6.07, 6.45) is 0. The molecule has 0 spiro atoms. The van der Waals surface area contributed by atoms with Crippen molar-refractivity contribution < 1.29 is 20.0 Å². The first-order valence-corrected chi connectivity index (χ1v) is 12.3. The molecule has 4 rings (SSSR count).